The van der Waals surface area contributed by atoms with Crippen LogP contribution < -0.4 is 10.2 Å². The molecule has 1 fully saturated rings. The molecule has 8 nitrogen and oxygen atoms in total. The molecule has 2 aromatic heterocycles. The summed E-state index contributed by atoms with van der Waals surface area (Å²) in [4.78, 5) is 17.0. The molecule has 3 aromatic rings. The van der Waals surface area contributed by atoms with Crippen molar-refractivity contribution in [1.82, 2.24) is 14.5 Å². The first-order valence-corrected chi connectivity index (χ1v) is 10.6. The highest BCUT2D eigenvalue weighted by atomic mass is 35.5. The summed E-state index contributed by atoms with van der Waals surface area (Å²) in [7, 11) is 0. The molecule has 0 spiro atoms. The second-order valence-electron chi connectivity index (χ2n) is 7.59. The van der Waals surface area contributed by atoms with Gasteiger partial charge in [0.15, 0.2) is 0 Å². The summed E-state index contributed by atoms with van der Waals surface area (Å²) in [5.41, 5.74) is 2.80. The maximum atomic E-state index is 12.9. The van der Waals surface area contributed by atoms with Crippen molar-refractivity contribution in [2.45, 2.75) is 39.2 Å². The van der Waals surface area contributed by atoms with Crippen LogP contribution in [0.25, 0.3) is 16.4 Å². The summed E-state index contributed by atoms with van der Waals surface area (Å²) in [5.74, 6) is -0.457. The van der Waals surface area contributed by atoms with Gasteiger partial charge in [-0.15, -0.1) is 13.1 Å². The normalized spacial score (nSPS) is 18.4. The van der Waals surface area contributed by atoms with Gasteiger partial charge in [0.1, 0.15) is 0 Å². The van der Waals surface area contributed by atoms with Crippen molar-refractivity contribution in [3.05, 3.63) is 52.1 Å². The van der Waals surface area contributed by atoms with Crippen LogP contribution in [-0.2, 0) is 0 Å². The third-order valence-corrected chi connectivity index (χ3v) is 5.43. The number of imidazole rings is 1. The zero-order valence-electron chi connectivity index (χ0n) is 17.4. The van der Waals surface area contributed by atoms with E-state index in [1.54, 1.807) is 30.5 Å². The fourth-order valence-corrected chi connectivity index (χ4v) is 4.11. The number of aryl methyl sites for hydroxylation is 1. The smallest absolute Gasteiger partial charge is 0.230 e. The number of aliphatic imine (C=N–C) groups is 2. The number of rotatable bonds is 4. The van der Waals surface area contributed by atoms with E-state index in [0.717, 1.165) is 31.5 Å². The standard InChI is InChI=1S/C22H24ClN6O2/c1-13-9-15(6-8-25-13)21(31)28-22-27-19-11-16(26-14(2)30)10-18(23)20(19)29(22)17-5-3-4-7-24-12-17/h6,8-11,17H,3-5,7,12H2,1-2H3,(H,26,30)(H,27,28,31)/q-1/p-2. The quantitative estimate of drug-likeness (QED) is 0.459. The molecule has 162 valence electrons. The minimum Gasteiger partial charge on any atom is -0.862 e. The Balaban J connectivity index is 1.89. The minimum atomic E-state index is -0.405. The van der Waals surface area contributed by atoms with Crippen LogP contribution in [0.3, 0.4) is 0 Å². The van der Waals surface area contributed by atoms with Crippen LogP contribution in [0, 0.1) is 6.92 Å². The lowest BCUT2D eigenvalue weighted by Gasteiger charge is -2.26. The minimum absolute atomic E-state index is 0.00804. The Morgan fingerprint density at radius 1 is 1.23 bits per heavy atom. The molecule has 1 aliphatic heterocycles. The number of hydrogen-bond donors (Lipinski definition) is 0. The average Bonchev–Trinajstić information content (AvgIpc) is 2.87. The lowest BCUT2D eigenvalue weighted by molar-refractivity contribution is -0.215. The van der Waals surface area contributed by atoms with Crippen LogP contribution in [0.5, 0.6) is 0 Å². The summed E-state index contributed by atoms with van der Waals surface area (Å²) in [6, 6.07) is 6.63. The highest BCUT2D eigenvalue weighted by molar-refractivity contribution is 6.35. The highest BCUT2D eigenvalue weighted by Crippen LogP contribution is 2.37. The third-order valence-electron chi connectivity index (χ3n) is 5.15. The van der Waals surface area contributed by atoms with E-state index in [9.17, 15) is 10.2 Å². The Kier molecular flexibility index (Phi) is 6.20. The van der Waals surface area contributed by atoms with Crippen molar-refractivity contribution in [2.24, 2.45) is 9.98 Å². The van der Waals surface area contributed by atoms with E-state index in [1.165, 1.54) is 6.92 Å². The van der Waals surface area contributed by atoms with Crippen molar-refractivity contribution in [1.29, 1.82) is 0 Å². The van der Waals surface area contributed by atoms with Crippen LogP contribution in [0.2, 0.25) is 5.02 Å². The summed E-state index contributed by atoms with van der Waals surface area (Å²) < 4.78 is 1.91. The summed E-state index contributed by atoms with van der Waals surface area (Å²) in [5, 5.41) is 29.3. The fourth-order valence-electron chi connectivity index (χ4n) is 3.81. The van der Waals surface area contributed by atoms with E-state index in [-0.39, 0.29) is 17.9 Å². The number of fused-ring (bicyclic) bond motifs is 1. The number of benzene rings is 1. The van der Waals surface area contributed by atoms with Gasteiger partial charge in [0, 0.05) is 17.9 Å². The predicted molar refractivity (Wildman–Crippen MR) is 119 cm³/mol. The lowest BCUT2D eigenvalue weighted by atomic mass is 10.1. The molecule has 0 amide bonds. The van der Waals surface area contributed by atoms with Crippen LogP contribution in [0.4, 0.5) is 11.6 Å². The van der Waals surface area contributed by atoms with Crippen LogP contribution in [-0.4, -0.2) is 39.4 Å². The molecular weight excluding hydrogens is 416 g/mol. The first-order chi connectivity index (χ1) is 14.9. The van der Waals surface area contributed by atoms with Gasteiger partial charge in [-0.25, -0.2) is 9.98 Å². The largest absolute Gasteiger partial charge is 0.862 e. The summed E-state index contributed by atoms with van der Waals surface area (Å²) >= 11 is 6.60. The maximum Gasteiger partial charge on any atom is 0.230 e. The van der Waals surface area contributed by atoms with Gasteiger partial charge in [-0.05, 0) is 61.9 Å². The molecule has 31 heavy (non-hydrogen) atoms. The van der Waals surface area contributed by atoms with E-state index >= 15 is 0 Å². The first-order valence-electron chi connectivity index (χ1n) is 10.2. The van der Waals surface area contributed by atoms with E-state index < -0.39 is 5.90 Å². The van der Waals surface area contributed by atoms with Crippen molar-refractivity contribution in [3.8, 4) is 0 Å². The van der Waals surface area contributed by atoms with Gasteiger partial charge in [-0.3, -0.25) is 9.98 Å². The summed E-state index contributed by atoms with van der Waals surface area (Å²) in [6.07, 6.45) is 4.51. The van der Waals surface area contributed by atoms with Crippen molar-refractivity contribution >= 4 is 46.1 Å². The van der Waals surface area contributed by atoms with Crippen LogP contribution in [0.1, 0.15) is 43.5 Å². The molecule has 0 saturated carbocycles. The molecule has 1 unspecified atom stereocenters. The van der Waals surface area contributed by atoms with Crippen LogP contribution in [0.15, 0.2) is 40.4 Å². The predicted octanol–water partition coefficient (Wildman–Crippen LogP) is 3.34. The van der Waals surface area contributed by atoms with Crippen LogP contribution >= 0.6 is 11.6 Å². The zero-order chi connectivity index (χ0) is 22.0. The molecular formula is C22H22ClN6O2-3. The topological polar surface area (TPSA) is 116 Å². The average molecular weight is 438 g/mol. The molecule has 1 aliphatic rings. The molecule has 0 radical (unpaired) electrons. The fraction of sp³-hybridized carbons (Fsp3) is 0.364. The van der Waals surface area contributed by atoms with Crippen molar-refractivity contribution < 1.29 is 10.2 Å². The Morgan fingerprint density at radius 3 is 2.84 bits per heavy atom. The number of hydrogen-bond acceptors (Lipinski definition) is 6. The molecule has 1 saturated heterocycles. The number of aromatic nitrogens is 3. The number of halogens is 1. The van der Waals surface area contributed by atoms with Gasteiger partial charge in [0.2, 0.25) is 5.95 Å². The van der Waals surface area contributed by atoms with Gasteiger partial charge in [0.05, 0.1) is 21.7 Å². The van der Waals surface area contributed by atoms with Gasteiger partial charge in [-0.1, -0.05) is 24.4 Å². The van der Waals surface area contributed by atoms with Gasteiger partial charge in [0.25, 0.3) is 0 Å². The monoisotopic (exact) mass is 437 g/mol. The SMILES string of the molecule is CC([O-])=Nc1cc(Cl)c2c(c1)nc(N=C([O-])c1ccnc(C)c1)n2C1CCCC[N-]C1. The second-order valence-corrected chi connectivity index (χ2v) is 8.00. The molecule has 3 heterocycles. The van der Waals surface area contributed by atoms with Gasteiger partial charge < -0.3 is 20.1 Å². The molecule has 0 bridgehead atoms. The molecule has 1 aromatic carbocycles. The van der Waals surface area contributed by atoms with E-state index in [4.69, 9.17) is 11.6 Å². The third kappa shape index (κ3) is 4.70. The van der Waals surface area contributed by atoms with E-state index in [2.05, 4.69) is 25.3 Å². The molecule has 1 atom stereocenters. The number of nitrogens with zero attached hydrogens (tertiary/aromatic N) is 6. The number of pyridine rings is 1. The Morgan fingerprint density at radius 2 is 2.06 bits per heavy atom. The van der Waals surface area contributed by atoms with E-state index in [0.29, 0.717) is 33.9 Å². The Bertz CT molecular complexity index is 1160. The highest BCUT2D eigenvalue weighted by Gasteiger charge is 2.20. The van der Waals surface area contributed by atoms with Crippen molar-refractivity contribution in [3.63, 3.8) is 0 Å². The second kappa shape index (κ2) is 9.03. The first kappa shape index (κ1) is 21.3. The molecule has 0 N–H and O–H groups in total. The van der Waals surface area contributed by atoms with Crippen molar-refractivity contribution in [2.75, 3.05) is 13.1 Å². The molecule has 9 heteroatoms. The van der Waals surface area contributed by atoms with Gasteiger partial charge >= 0.3 is 0 Å². The molecule has 0 aliphatic carbocycles. The summed E-state index contributed by atoms with van der Waals surface area (Å²) in [6.45, 7) is 4.62. The lowest BCUT2D eigenvalue weighted by Crippen LogP contribution is -2.20. The zero-order valence-corrected chi connectivity index (χ0v) is 18.1. The van der Waals surface area contributed by atoms with E-state index in [1.807, 2.05) is 11.5 Å². The van der Waals surface area contributed by atoms with Gasteiger partial charge in [-0.2, -0.15) is 0 Å². The Labute approximate surface area is 185 Å². The molecule has 4 rings (SSSR count). The Hall–Kier alpha value is -2.97. The maximum absolute atomic E-state index is 12.9.